The highest BCUT2D eigenvalue weighted by Crippen LogP contribution is 2.38. The predicted molar refractivity (Wildman–Crippen MR) is 68.6 cm³/mol. The first-order chi connectivity index (χ1) is 10.3. The van der Waals surface area contributed by atoms with Crippen molar-refractivity contribution in [3.8, 4) is 0 Å². The molecule has 23 heavy (non-hydrogen) atoms. The maximum atomic E-state index is 13.6. The number of halogens is 7. The Morgan fingerprint density at radius 1 is 0.957 bits per heavy atom. The van der Waals surface area contributed by atoms with E-state index in [-0.39, 0.29) is 6.42 Å². The highest BCUT2D eigenvalue weighted by Gasteiger charge is 2.42. The number of alkyl halides is 3. The summed E-state index contributed by atoms with van der Waals surface area (Å²) in [6.45, 7) is 5.06. The molecule has 2 nitrogen and oxygen atoms in total. The van der Waals surface area contributed by atoms with Crippen LogP contribution in [-0.4, -0.2) is 5.91 Å². The van der Waals surface area contributed by atoms with E-state index in [1.54, 1.807) is 26.1 Å². The molecule has 9 heteroatoms. The fourth-order valence-electron chi connectivity index (χ4n) is 1.73. The fraction of sp³-hybridized carbons (Fsp3) is 0.500. The molecular formula is C14H14F7NO. The molecule has 1 aromatic rings. The van der Waals surface area contributed by atoms with Gasteiger partial charge in [0.05, 0.1) is 0 Å². The van der Waals surface area contributed by atoms with Crippen LogP contribution in [0.25, 0.3) is 0 Å². The van der Waals surface area contributed by atoms with Crippen LogP contribution in [0.1, 0.15) is 39.2 Å². The number of nitrogens with one attached hydrogen (secondary N) is 1. The third-order valence-corrected chi connectivity index (χ3v) is 3.41. The summed E-state index contributed by atoms with van der Waals surface area (Å²) in [6.07, 6.45) is -5.35. The van der Waals surface area contributed by atoms with Crippen molar-refractivity contribution in [2.24, 2.45) is 5.41 Å². The van der Waals surface area contributed by atoms with Crippen LogP contribution in [0.4, 0.5) is 36.4 Å². The van der Waals surface area contributed by atoms with Crippen molar-refractivity contribution < 1.29 is 35.5 Å². The van der Waals surface area contributed by atoms with Crippen molar-refractivity contribution in [3.63, 3.8) is 0 Å². The molecule has 0 saturated heterocycles. The molecule has 0 unspecified atom stereocenters. The van der Waals surface area contributed by atoms with Crippen molar-refractivity contribution in [1.82, 2.24) is 0 Å². The van der Waals surface area contributed by atoms with Gasteiger partial charge in [0.15, 0.2) is 23.3 Å². The van der Waals surface area contributed by atoms with E-state index in [1.165, 1.54) is 0 Å². The zero-order valence-electron chi connectivity index (χ0n) is 12.5. The summed E-state index contributed by atoms with van der Waals surface area (Å²) in [5.74, 6) is -10.8. The van der Waals surface area contributed by atoms with Gasteiger partial charge in [-0.25, -0.2) is 17.6 Å². The van der Waals surface area contributed by atoms with E-state index in [0.29, 0.717) is 6.42 Å². The SMILES string of the molecule is CCC(C)(C)CC(=O)Nc1c(F)c(F)c(C(F)(F)F)c(F)c1F. The third kappa shape index (κ3) is 4.14. The zero-order chi connectivity index (χ0) is 18.2. The predicted octanol–water partition coefficient (Wildman–Crippen LogP) is 5.03. The van der Waals surface area contributed by atoms with Gasteiger partial charge in [0.2, 0.25) is 5.91 Å². The average Bonchev–Trinajstić information content (AvgIpc) is 2.39. The van der Waals surface area contributed by atoms with E-state index < -0.39 is 52.0 Å². The number of amides is 1. The molecule has 130 valence electrons. The smallest absolute Gasteiger partial charge is 0.321 e. The van der Waals surface area contributed by atoms with Crippen LogP contribution in [0, 0.1) is 28.7 Å². The summed E-state index contributed by atoms with van der Waals surface area (Å²) in [7, 11) is 0. The standard InChI is InChI=1S/C14H14F7NO/c1-4-13(2,3)5-6(23)22-12-10(17)8(15)7(14(19,20)21)9(16)11(12)18/h4-5H2,1-3H3,(H,22,23). The molecule has 0 spiro atoms. The number of rotatable bonds is 4. The van der Waals surface area contributed by atoms with Gasteiger partial charge >= 0.3 is 6.18 Å². The number of carbonyl (C=O) groups excluding carboxylic acids is 1. The van der Waals surface area contributed by atoms with Crippen molar-refractivity contribution >= 4 is 11.6 Å². The number of carbonyl (C=O) groups is 1. The lowest BCUT2D eigenvalue weighted by atomic mass is 9.86. The molecule has 1 N–H and O–H groups in total. The van der Waals surface area contributed by atoms with Crippen LogP contribution in [0.2, 0.25) is 0 Å². The summed E-state index contributed by atoms with van der Waals surface area (Å²) in [5, 5.41) is 1.59. The van der Waals surface area contributed by atoms with Gasteiger partial charge in [0.1, 0.15) is 11.3 Å². The Kier molecular flexibility index (Phi) is 5.33. The molecule has 1 aromatic carbocycles. The molecule has 1 amide bonds. The van der Waals surface area contributed by atoms with Gasteiger partial charge in [-0.1, -0.05) is 27.2 Å². The Morgan fingerprint density at radius 2 is 1.39 bits per heavy atom. The molecule has 0 aromatic heterocycles. The Bertz CT molecular complexity index is 594. The van der Waals surface area contributed by atoms with E-state index in [1.807, 2.05) is 0 Å². The van der Waals surface area contributed by atoms with Crippen LogP contribution in [-0.2, 0) is 11.0 Å². The average molecular weight is 345 g/mol. The minimum absolute atomic E-state index is 0.243. The molecule has 0 saturated carbocycles. The lowest BCUT2D eigenvalue weighted by Gasteiger charge is -2.22. The van der Waals surface area contributed by atoms with E-state index in [4.69, 9.17) is 0 Å². The van der Waals surface area contributed by atoms with Crippen molar-refractivity contribution in [1.29, 1.82) is 0 Å². The van der Waals surface area contributed by atoms with Gasteiger partial charge < -0.3 is 5.32 Å². The van der Waals surface area contributed by atoms with Crippen molar-refractivity contribution in [2.45, 2.75) is 39.8 Å². The van der Waals surface area contributed by atoms with Crippen LogP contribution in [0.5, 0.6) is 0 Å². The summed E-state index contributed by atoms with van der Waals surface area (Å²) in [4.78, 5) is 11.7. The monoisotopic (exact) mass is 345 g/mol. The molecule has 0 atom stereocenters. The Hall–Kier alpha value is -1.80. The fourth-order valence-corrected chi connectivity index (χ4v) is 1.73. The van der Waals surface area contributed by atoms with Gasteiger partial charge in [0, 0.05) is 6.42 Å². The number of benzene rings is 1. The molecule has 0 fully saturated rings. The first-order valence-corrected chi connectivity index (χ1v) is 6.54. The second-order valence-electron chi connectivity index (χ2n) is 5.75. The maximum absolute atomic E-state index is 13.6. The minimum atomic E-state index is -5.62. The molecule has 0 aliphatic heterocycles. The topological polar surface area (TPSA) is 29.1 Å². The maximum Gasteiger partial charge on any atom is 0.422 e. The molecule has 0 heterocycles. The van der Waals surface area contributed by atoms with Crippen molar-refractivity contribution in [3.05, 3.63) is 28.8 Å². The lowest BCUT2D eigenvalue weighted by Crippen LogP contribution is -2.24. The lowest BCUT2D eigenvalue weighted by molar-refractivity contribution is -0.143. The van der Waals surface area contributed by atoms with Gasteiger partial charge in [0.25, 0.3) is 0 Å². The summed E-state index contributed by atoms with van der Waals surface area (Å²) in [6, 6.07) is 0. The molecular weight excluding hydrogens is 331 g/mol. The minimum Gasteiger partial charge on any atom is -0.321 e. The molecule has 0 bridgehead atoms. The molecule has 0 aliphatic carbocycles. The number of hydrogen-bond acceptors (Lipinski definition) is 1. The molecule has 1 rings (SSSR count). The summed E-state index contributed by atoms with van der Waals surface area (Å²) < 4.78 is 91.3. The first-order valence-electron chi connectivity index (χ1n) is 6.54. The zero-order valence-corrected chi connectivity index (χ0v) is 12.5. The highest BCUT2D eigenvalue weighted by atomic mass is 19.4. The molecule has 0 radical (unpaired) electrons. The van der Waals surface area contributed by atoms with Gasteiger partial charge in [-0.3, -0.25) is 4.79 Å². The van der Waals surface area contributed by atoms with E-state index >= 15 is 0 Å². The van der Waals surface area contributed by atoms with Gasteiger partial charge in [-0.15, -0.1) is 0 Å². The Labute approximate surface area is 127 Å². The van der Waals surface area contributed by atoms with Crippen LogP contribution >= 0.6 is 0 Å². The Morgan fingerprint density at radius 3 is 1.74 bits per heavy atom. The highest BCUT2D eigenvalue weighted by molar-refractivity contribution is 5.91. The van der Waals surface area contributed by atoms with Crippen LogP contribution < -0.4 is 5.32 Å². The number of hydrogen-bond donors (Lipinski definition) is 1. The van der Waals surface area contributed by atoms with E-state index in [2.05, 4.69) is 0 Å². The molecule has 0 aliphatic rings. The second-order valence-corrected chi connectivity index (χ2v) is 5.75. The first kappa shape index (κ1) is 19.2. The summed E-state index contributed by atoms with van der Waals surface area (Å²) in [5.41, 5.74) is -4.83. The largest absolute Gasteiger partial charge is 0.422 e. The van der Waals surface area contributed by atoms with Crippen LogP contribution in [0.15, 0.2) is 0 Å². The van der Waals surface area contributed by atoms with Crippen molar-refractivity contribution in [2.75, 3.05) is 5.32 Å². The normalized spacial score (nSPS) is 12.4. The van der Waals surface area contributed by atoms with Gasteiger partial charge in [-0.05, 0) is 5.41 Å². The Balaban J connectivity index is 3.28. The van der Waals surface area contributed by atoms with E-state index in [0.717, 1.165) is 0 Å². The van der Waals surface area contributed by atoms with Crippen LogP contribution in [0.3, 0.4) is 0 Å². The van der Waals surface area contributed by atoms with E-state index in [9.17, 15) is 35.5 Å². The second kappa shape index (κ2) is 6.37. The third-order valence-electron chi connectivity index (χ3n) is 3.41. The van der Waals surface area contributed by atoms with Gasteiger partial charge in [-0.2, -0.15) is 13.2 Å². The number of anilines is 1. The summed E-state index contributed by atoms with van der Waals surface area (Å²) >= 11 is 0. The quantitative estimate of drug-likeness (QED) is 0.602.